The first kappa shape index (κ1) is 17.7. The average molecular weight is 348 g/mol. The summed E-state index contributed by atoms with van der Waals surface area (Å²) < 4.78 is 12.9. The number of nitrogens with one attached hydrogen (secondary N) is 3. The summed E-state index contributed by atoms with van der Waals surface area (Å²) in [4.78, 5) is 26.5. The lowest BCUT2D eigenvalue weighted by molar-refractivity contribution is -0.137. The fraction of sp³-hybridized carbons (Fsp3) is 0.556. The van der Waals surface area contributed by atoms with Crippen molar-refractivity contribution in [3.63, 3.8) is 0 Å². The third kappa shape index (κ3) is 4.92. The lowest BCUT2D eigenvalue weighted by Gasteiger charge is -2.35. The number of anilines is 1. The van der Waals surface area contributed by atoms with Crippen LogP contribution >= 0.6 is 0 Å². The van der Waals surface area contributed by atoms with E-state index in [1.165, 1.54) is 24.3 Å². The molecule has 6 nitrogen and oxygen atoms in total. The van der Waals surface area contributed by atoms with Crippen LogP contribution in [0.5, 0.6) is 0 Å². The molecule has 136 valence electrons. The van der Waals surface area contributed by atoms with E-state index in [1.54, 1.807) is 0 Å². The van der Waals surface area contributed by atoms with Crippen LogP contribution in [0.1, 0.15) is 25.7 Å². The van der Waals surface area contributed by atoms with Crippen LogP contribution in [0.3, 0.4) is 0 Å². The van der Waals surface area contributed by atoms with Crippen molar-refractivity contribution in [2.75, 3.05) is 31.5 Å². The molecule has 3 amide bonds. The van der Waals surface area contributed by atoms with Crippen LogP contribution in [0, 0.1) is 11.7 Å². The molecule has 0 radical (unpaired) electrons. The zero-order chi connectivity index (χ0) is 17.6. The van der Waals surface area contributed by atoms with E-state index in [0.717, 1.165) is 38.8 Å². The molecular weight excluding hydrogens is 323 g/mol. The van der Waals surface area contributed by atoms with E-state index >= 15 is 0 Å². The molecule has 0 spiro atoms. The van der Waals surface area contributed by atoms with Gasteiger partial charge >= 0.3 is 6.03 Å². The predicted octanol–water partition coefficient (Wildman–Crippen LogP) is 1.94. The van der Waals surface area contributed by atoms with Crippen LogP contribution in [-0.4, -0.2) is 49.1 Å². The number of hydrogen-bond acceptors (Lipinski definition) is 3. The summed E-state index contributed by atoms with van der Waals surface area (Å²) in [5, 5.41) is 8.91. The average Bonchev–Trinajstić information content (AvgIpc) is 2.64. The number of hydrogen-bond donors (Lipinski definition) is 3. The van der Waals surface area contributed by atoms with Crippen molar-refractivity contribution in [2.45, 2.75) is 31.7 Å². The van der Waals surface area contributed by atoms with E-state index in [1.807, 2.05) is 4.90 Å². The minimum atomic E-state index is -0.336. The van der Waals surface area contributed by atoms with Crippen molar-refractivity contribution >= 4 is 17.6 Å². The largest absolute Gasteiger partial charge is 0.342 e. The number of halogens is 1. The van der Waals surface area contributed by atoms with Gasteiger partial charge in [0.15, 0.2) is 0 Å². The van der Waals surface area contributed by atoms with Crippen molar-refractivity contribution < 1.29 is 14.0 Å². The van der Waals surface area contributed by atoms with Crippen molar-refractivity contribution in [1.29, 1.82) is 0 Å². The Kier molecular flexibility index (Phi) is 5.86. The molecule has 7 heteroatoms. The zero-order valence-electron chi connectivity index (χ0n) is 14.3. The van der Waals surface area contributed by atoms with Crippen molar-refractivity contribution in [2.24, 2.45) is 5.92 Å². The first-order valence-electron chi connectivity index (χ1n) is 8.94. The van der Waals surface area contributed by atoms with Gasteiger partial charge in [-0.3, -0.25) is 4.79 Å². The molecule has 2 aliphatic heterocycles. The summed E-state index contributed by atoms with van der Waals surface area (Å²) >= 11 is 0. The van der Waals surface area contributed by atoms with Gasteiger partial charge in [-0.15, -0.1) is 0 Å². The van der Waals surface area contributed by atoms with Gasteiger partial charge < -0.3 is 20.9 Å². The van der Waals surface area contributed by atoms with Gasteiger partial charge in [-0.2, -0.15) is 0 Å². The summed E-state index contributed by atoms with van der Waals surface area (Å²) in [6.45, 7) is 3.20. The van der Waals surface area contributed by atoms with Crippen LogP contribution < -0.4 is 16.0 Å². The summed E-state index contributed by atoms with van der Waals surface area (Å²) in [5.41, 5.74) is 0.553. The Balaban J connectivity index is 1.41. The minimum Gasteiger partial charge on any atom is -0.342 e. The minimum absolute atomic E-state index is 0.0533. The maximum atomic E-state index is 12.9. The maximum absolute atomic E-state index is 12.9. The van der Waals surface area contributed by atoms with Gasteiger partial charge in [-0.1, -0.05) is 0 Å². The number of carbonyl (C=O) groups is 2. The number of urea groups is 1. The molecule has 0 unspecified atom stereocenters. The molecule has 0 bridgehead atoms. The van der Waals surface area contributed by atoms with Gasteiger partial charge in [0.2, 0.25) is 5.91 Å². The highest BCUT2D eigenvalue weighted by atomic mass is 19.1. The molecule has 0 aromatic heterocycles. The summed E-state index contributed by atoms with van der Waals surface area (Å²) in [6.07, 6.45) is 3.34. The fourth-order valence-electron chi connectivity index (χ4n) is 3.46. The molecule has 1 aromatic carbocycles. The van der Waals surface area contributed by atoms with Gasteiger partial charge in [-0.25, -0.2) is 9.18 Å². The van der Waals surface area contributed by atoms with Crippen LogP contribution in [-0.2, 0) is 4.79 Å². The summed E-state index contributed by atoms with van der Waals surface area (Å²) in [5.74, 6) is 0.0694. The van der Waals surface area contributed by atoms with Crippen LogP contribution in [0.25, 0.3) is 0 Å². The van der Waals surface area contributed by atoms with E-state index in [2.05, 4.69) is 16.0 Å². The van der Waals surface area contributed by atoms with E-state index < -0.39 is 0 Å². The Morgan fingerprint density at radius 1 is 1.04 bits per heavy atom. The molecule has 0 aliphatic carbocycles. The first-order chi connectivity index (χ1) is 12.1. The quantitative estimate of drug-likeness (QED) is 0.782. The maximum Gasteiger partial charge on any atom is 0.319 e. The Hall–Kier alpha value is -2.15. The molecule has 2 heterocycles. The highest BCUT2D eigenvalue weighted by Crippen LogP contribution is 2.19. The Labute approximate surface area is 147 Å². The fourth-order valence-corrected chi connectivity index (χ4v) is 3.46. The third-order valence-corrected chi connectivity index (χ3v) is 4.93. The Morgan fingerprint density at radius 2 is 1.68 bits per heavy atom. The van der Waals surface area contributed by atoms with Crippen LogP contribution in [0.15, 0.2) is 24.3 Å². The number of rotatable bonds is 3. The third-order valence-electron chi connectivity index (χ3n) is 4.93. The molecule has 2 saturated heterocycles. The zero-order valence-corrected chi connectivity index (χ0v) is 14.3. The number of likely N-dealkylation sites (tertiary alicyclic amines) is 1. The molecule has 2 fully saturated rings. The van der Waals surface area contributed by atoms with Crippen molar-refractivity contribution in [1.82, 2.24) is 15.5 Å². The highest BCUT2D eigenvalue weighted by molar-refractivity contribution is 5.89. The second-order valence-corrected chi connectivity index (χ2v) is 6.73. The van der Waals surface area contributed by atoms with Gasteiger partial charge in [0.1, 0.15) is 5.82 Å². The molecule has 1 aromatic rings. The van der Waals surface area contributed by atoms with Gasteiger partial charge in [0, 0.05) is 30.7 Å². The molecule has 0 atom stereocenters. The standard InChI is InChI=1S/C18H25FN4O2/c19-14-1-3-15(4-2-14)21-18(25)22-16-7-11-23(12-8-16)17(24)13-5-9-20-10-6-13/h1-4,13,16,20H,5-12H2,(H2,21,22,25). The highest BCUT2D eigenvalue weighted by Gasteiger charge is 2.29. The van der Waals surface area contributed by atoms with Crippen LogP contribution in [0.4, 0.5) is 14.9 Å². The summed E-state index contributed by atoms with van der Waals surface area (Å²) in [6, 6.07) is 5.41. The second kappa shape index (κ2) is 8.29. The number of amides is 3. The lowest BCUT2D eigenvalue weighted by Crippen LogP contribution is -2.49. The molecule has 25 heavy (non-hydrogen) atoms. The normalized spacial score (nSPS) is 19.5. The molecule has 3 rings (SSSR count). The molecule has 3 N–H and O–H groups in total. The topological polar surface area (TPSA) is 73.5 Å². The van der Waals surface area contributed by atoms with E-state index in [4.69, 9.17) is 0 Å². The lowest BCUT2D eigenvalue weighted by atomic mass is 9.95. The first-order valence-corrected chi connectivity index (χ1v) is 8.94. The van der Waals surface area contributed by atoms with Crippen LogP contribution in [0.2, 0.25) is 0 Å². The smallest absolute Gasteiger partial charge is 0.319 e. The number of nitrogens with zero attached hydrogens (tertiary/aromatic N) is 1. The van der Waals surface area contributed by atoms with Gasteiger partial charge in [-0.05, 0) is 63.0 Å². The van der Waals surface area contributed by atoms with Crippen molar-refractivity contribution in [3.8, 4) is 0 Å². The molecule has 0 saturated carbocycles. The Bertz CT molecular complexity index is 594. The van der Waals surface area contributed by atoms with Gasteiger partial charge in [0.05, 0.1) is 0 Å². The Morgan fingerprint density at radius 3 is 2.32 bits per heavy atom. The molecular formula is C18H25FN4O2. The number of benzene rings is 1. The SMILES string of the molecule is O=C(Nc1ccc(F)cc1)NC1CCN(C(=O)C2CCNCC2)CC1. The van der Waals surface area contributed by atoms with E-state index in [0.29, 0.717) is 18.8 Å². The monoisotopic (exact) mass is 348 g/mol. The van der Waals surface area contributed by atoms with E-state index in [9.17, 15) is 14.0 Å². The summed E-state index contributed by atoms with van der Waals surface area (Å²) in [7, 11) is 0. The number of piperidine rings is 2. The van der Waals surface area contributed by atoms with Crippen molar-refractivity contribution in [3.05, 3.63) is 30.1 Å². The second-order valence-electron chi connectivity index (χ2n) is 6.73. The molecule has 2 aliphatic rings. The van der Waals surface area contributed by atoms with E-state index in [-0.39, 0.29) is 29.7 Å². The number of carbonyl (C=O) groups excluding carboxylic acids is 2. The predicted molar refractivity (Wildman–Crippen MR) is 93.8 cm³/mol. The van der Waals surface area contributed by atoms with Gasteiger partial charge in [0.25, 0.3) is 0 Å².